The van der Waals surface area contributed by atoms with E-state index in [1.807, 2.05) is 30.3 Å². The number of sulfonamides is 1. The quantitative estimate of drug-likeness (QED) is 0.882. The number of urea groups is 1. The van der Waals surface area contributed by atoms with Crippen molar-refractivity contribution >= 4 is 22.1 Å². The molecular weight excluding hydrogens is 324 g/mol. The van der Waals surface area contributed by atoms with Crippen LogP contribution >= 0.6 is 0 Å². The van der Waals surface area contributed by atoms with Gasteiger partial charge in [0.15, 0.2) is 0 Å². The van der Waals surface area contributed by atoms with Crippen LogP contribution in [0.5, 0.6) is 0 Å². The number of hydrogen-bond acceptors (Lipinski definition) is 3. The zero-order valence-corrected chi connectivity index (χ0v) is 15.2. The van der Waals surface area contributed by atoms with Crippen molar-refractivity contribution in [2.75, 3.05) is 13.1 Å². The van der Waals surface area contributed by atoms with Crippen LogP contribution < -0.4 is 4.72 Å². The largest absolute Gasteiger partial charge is 0.331 e. The van der Waals surface area contributed by atoms with Gasteiger partial charge in [0.2, 0.25) is 0 Å². The van der Waals surface area contributed by atoms with Gasteiger partial charge in [-0.1, -0.05) is 50.1 Å². The lowest BCUT2D eigenvalue weighted by Crippen LogP contribution is -2.46. The Morgan fingerprint density at radius 3 is 2.46 bits per heavy atom. The molecule has 1 heterocycles. The molecule has 2 amide bonds. The van der Waals surface area contributed by atoms with Gasteiger partial charge in [-0.15, -0.1) is 0 Å². The molecule has 1 saturated heterocycles. The molecule has 1 N–H and O–H groups in total. The lowest BCUT2D eigenvalue weighted by molar-refractivity contribution is 0.173. The average molecular weight is 350 g/mol. The summed E-state index contributed by atoms with van der Waals surface area (Å²) in [5.74, 6) is 0.648. The summed E-state index contributed by atoms with van der Waals surface area (Å²) in [6.07, 6.45) is 5.77. The second kappa shape index (κ2) is 8.33. The number of hydrogen-bond donors (Lipinski definition) is 1. The van der Waals surface area contributed by atoms with Gasteiger partial charge in [-0.3, -0.25) is 0 Å². The van der Waals surface area contributed by atoms with Crippen molar-refractivity contribution < 1.29 is 13.2 Å². The predicted molar refractivity (Wildman–Crippen MR) is 96.7 cm³/mol. The van der Waals surface area contributed by atoms with Gasteiger partial charge < -0.3 is 4.90 Å². The first kappa shape index (κ1) is 18.5. The molecule has 0 saturated carbocycles. The lowest BCUT2D eigenvalue weighted by atomic mass is 9.93. The summed E-state index contributed by atoms with van der Waals surface area (Å²) >= 11 is 0. The van der Waals surface area contributed by atoms with Crippen molar-refractivity contribution in [1.82, 2.24) is 9.62 Å². The Labute approximate surface area is 144 Å². The maximum atomic E-state index is 12.3. The van der Waals surface area contributed by atoms with E-state index in [1.165, 1.54) is 13.3 Å². The fourth-order valence-corrected chi connectivity index (χ4v) is 3.77. The van der Waals surface area contributed by atoms with Gasteiger partial charge in [0.1, 0.15) is 0 Å². The third kappa shape index (κ3) is 5.09. The van der Waals surface area contributed by atoms with Gasteiger partial charge in [-0.05, 0) is 37.3 Å². The van der Waals surface area contributed by atoms with Crippen LogP contribution in [0.4, 0.5) is 4.79 Å². The Morgan fingerprint density at radius 2 is 1.88 bits per heavy atom. The number of benzene rings is 1. The van der Waals surface area contributed by atoms with Crippen LogP contribution in [0.1, 0.15) is 45.1 Å². The van der Waals surface area contributed by atoms with Crippen molar-refractivity contribution in [2.24, 2.45) is 5.92 Å². The van der Waals surface area contributed by atoms with E-state index in [4.69, 9.17) is 0 Å². The van der Waals surface area contributed by atoms with Crippen LogP contribution in [0.25, 0.3) is 6.08 Å². The fraction of sp³-hybridized carbons (Fsp3) is 0.500. The van der Waals surface area contributed by atoms with Crippen LogP contribution in [0.2, 0.25) is 0 Å². The van der Waals surface area contributed by atoms with Crippen LogP contribution in [0.3, 0.4) is 0 Å². The fourth-order valence-electron chi connectivity index (χ4n) is 2.95. The molecule has 0 unspecified atom stereocenters. The van der Waals surface area contributed by atoms with E-state index < -0.39 is 16.1 Å². The Bertz CT molecular complexity index is 675. The summed E-state index contributed by atoms with van der Waals surface area (Å²) < 4.78 is 26.8. The van der Waals surface area contributed by atoms with Gasteiger partial charge in [-0.2, -0.15) is 0 Å². The summed E-state index contributed by atoms with van der Waals surface area (Å²) in [6, 6.07) is 8.66. The Hall–Kier alpha value is -1.82. The Balaban J connectivity index is 1.96. The summed E-state index contributed by atoms with van der Waals surface area (Å²) in [6.45, 7) is 4.89. The van der Waals surface area contributed by atoms with Crippen molar-refractivity contribution in [1.29, 1.82) is 0 Å². The third-order valence-electron chi connectivity index (χ3n) is 4.41. The first-order valence-electron chi connectivity index (χ1n) is 8.47. The standard InChI is InChI=1S/C18H26N2O3S/c1-3-7-16-10-12-20(13-11-16)18(21)19-24(22,23)15(2)14-17-8-5-4-6-9-17/h4-6,8-9,14,16H,3,7,10-13H2,1-2H3,(H,19,21)/b15-14+. The molecule has 5 nitrogen and oxygen atoms in total. The lowest BCUT2D eigenvalue weighted by Gasteiger charge is -2.31. The number of nitrogens with zero attached hydrogens (tertiary/aromatic N) is 1. The highest BCUT2D eigenvalue weighted by atomic mass is 32.2. The molecule has 1 aliphatic rings. The van der Waals surface area contributed by atoms with Gasteiger partial charge in [0.25, 0.3) is 10.0 Å². The number of carbonyl (C=O) groups is 1. The molecule has 6 heteroatoms. The first-order chi connectivity index (χ1) is 11.4. The molecule has 24 heavy (non-hydrogen) atoms. The van der Waals surface area contributed by atoms with Crippen LogP contribution in [0.15, 0.2) is 35.2 Å². The van der Waals surface area contributed by atoms with E-state index in [-0.39, 0.29) is 4.91 Å². The zero-order chi connectivity index (χ0) is 17.6. The van der Waals surface area contributed by atoms with E-state index in [2.05, 4.69) is 11.6 Å². The molecule has 1 aliphatic heterocycles. The number of piperidine rings is 1. The number of amides is 2. The molecule has 1 aromatic rings. The molecule has 0 spiro atoms. The van der Waals surface area contributed by atoms with E-state index in [0.29, 0.717) is 19.0 Å². The predicted octanol–water partition coefficient (Wildman–Crippen LogP) is 3.60. The third-order valence-corrected chi connectivity index (χ3v) is 5.82. The number of allylic oxidation sites excluding steroid dienone is 1. The van der Waals surface area contributed by atoms with E-state index in [9.17, 15) is 13.2 Å². The van der Waals surface area contributed by atoms with Crippen LogP contribution in [-0.4, -0.2) is 32.4 Å². The molecular formula is C18H26N2O3S. The molecule has 132 valence electrons. The zero-order valence-electron chi connectivity index (χ0n) is 14.4. The average Bonchev–Trinajstić information content (AvgIpc) is 2.56. The minimum absolute atomic E-state index is 0.128. The minimum Gasteiger partial charge on any atom is -0.324 e. The van der Waals surface area contributed by atoms with Crippen molar-refractivity contribution in [3.8, 4) is 0 Å². The molecule has 1 fully saturated rings. The minimum atomic E-state index is -3.81. The summed E-state index contributed by atoms with van der Waals surface area (Å²) in [4.78, 5) is 14.0. The summed E-state index contributed by atoms with van der Waals surface area (Å²) in [7, 11) is -3.81. The smallest absolute Gasteiger partial charge is 0.324 e. The van der Waals surface area contributed by atoms with Gasteiger partial charge in [0, 0.05) is 13.1 Å². The Morgan fingerprint density at radius 1 is 1.25 bits per heavy atom. The second-order valence-corrected chi connectivity index (χ2v) is 8.15. The van der Waals surface area contributed by atoms with Crippen molar-refractivity contribution in [2.45, 2.75) is 39.5 Å². The SMILES string of the molecule is CCCC1CCN(C(=O)NS(=O)(=O)/C(C)=C/c2ccccc2)CC1. The monoisotopic (exact) mass is 350 g/mol. The highest BCUT2D eigenvalue weighted by Gasteiger charge is 2.25. The second-order valence-electron chi connectivity index (χ2n) is 6.30. The van der Waals surface area contributed by atoms with Gasteiger partial charge in [0.05, 0.1) is 4.91 Å². The molecule has 1 aromatic carbocycles. The number of nitrogens with one attached hydrogen (secondary N) is 1. The number of rotatable bonds is 5. The van der Waals surface area contributed by atoms with Gasteiger partial charge >= 0.3 is 6.03 Å². The van der Waals surface area contributed by atoms with E-state index in [1.54, 1.807) is 11.0 Å². The molecule has 0 aliphatic carbocycles. The maximum absolute atomic E-state index is 12.3. The normalized spacial score (nSPS) is 16.9. The topological polar surface area (TPSA) is 66.5 Å². The molecule has 2 rings (SSSR count). The van der Waals surface area contributed by atoms with Crippen LogP contribution in [-0.2, 0) is 10.0 Å². The van der Waals surface area contributed by atoms with Crippen molar-refractivity contribution in [3.63, 3.8) is 0 Å². The van der Waals surface area contributed by atoms with Crippen molar-refractivity contribution in [3.05, 3.63) is 40.8 Å². The van der Waals surface area contributed by atoms with E-state index in [0.717, 1.165) is 24.8 Å². The summed E-state index contributed by atoms with van der Waals surface area (Å²) in [5, 5.41) is 0. The molecule has 0 aromatic heterocycles. The number of carbonyl (C=O) groups excluding carboxylic acids is 1. The van der Waals surface area contributed by atoms with Crippen LogP contribution in [0, 0.1) is 5.92 Å². The Kier molecular flexibility index (Phi) is 6.43. The molecule has 0 bridgehead atoms. The molecule has 0 atom stereocenters. The van der Waals surface area contributed by atoms with E-state index >= 15 is 0 Å². The highest BCUT2D eigenvalue weighted by Crippen LogP contribution is 2.22. The molecule has 0 radical (unpaired) electrons. The highest BCUT2D eigenvalue weighted by molar-refractivity contribution is 7.94. The van der Waals surface area contributed by atoms with Gasteiger partial charge in [-0.25, -0.2) is 17.9 Å². The maximum Gasteiger partial charge on any atom is 0.331 e. The summed E-state index contributed by atoms with van der Waals surface area (Å²) in [5.41, 5.74) is 0.785. The first-order valence-corrected chi connectivity index (χ1v) is 9.95. The number of likely N-dealkylation sites (tertiary alicyclic amines) is 1.